The van der Waals surface area contributed by atoms with Gasteiger partial charge in [0, 0.05) is 24.2 Å². The molecule has 1 saturated carbocycles. The molecule has 0 unspecified atom stereocenters. The van der Waals surface area contributed by atoms with Crippen molar-refractivity contribution in [3.05, 3.63) is 33.9 Å². The minimum absolute atomic E-state index is 0.172. The van der Waals surface area contributed by atoms with Gasteiger partial charge in [-0.3, -0.25) is 10.1 Å². The predicted octanol–water partition coefficient (Wildman–Crippen LogP) is 2.17. The Labute approximate surface area is 102 Å². The Morgan fingerprint density at radius 1 is 1.44 bits per heavy atom. The van der Waals surface area contributed by atoms with E-state index in [-0.39, 0.29) is 12.2 Å². The van der Waals surface area contributed by atoms with E-state index in [0.29, 0.717) is 6.07 Å². The number of nitro groups is 1. The number of hydrogen-bond donors (Lipinski definition) is 2. The topological polar surface area (TPSA) is 81.2 Å². The van der Waals surface area contributed by atoms with E-state index in [0.717, 1.165) is 25.3 Å². The molecule has 0 atom stereocenters. The van der Waals surface area contributed by atoms with E-state index < -0.39 is 27.8 Å². The lowest BCUT2D eigenvalue weighted by molar-refractivity contribution is -0.386. The lowest BCUT2D eigenvalue weighted by Crippen LogP contribution is -2.52. The molecule has 0 saturated heterocycles. The fourth-order valence-electron chi connectivity index (χ4n) is 1.97. The van der Waals surface area contributed by atoms with Gasteiger partial charge in [0.2, 0.25) is 5.82 Å². The Bertz CT molecular complexity index is 489. The van der Waals surface area contributed by atoms with Gasteiger partial charge in [0.1, 0.15) is 11.5 Å². The van der Waals surface area contributed by atoms with Gasteiger partial charge in [-0.15, -0.1) is 0 Å². The number of anilines is 1. The molecule has 18 heavy (non-hydrogen) atoms. The summed E-state index contributed by atoms with van der Waals surface area (Å²) in [5, 5.41) is 13.4. The number of nitrogens with one attached hydrogen (secondary N) is 1. The van der Waals surface area contributed by atoms with Crippen molar-refractivity contribution in [1.82, 2.24) is 0 Å². The number of nitro benzene ring substituents is 1. The maximum Gasteiger partial charge on any atom is 0.327 e. The molecule has 1 aromatic carbocycles. The first-order chi connectivity index (χ1) is 8.41. The van der Waals surface area contributed by atoms with Gasteiger partial charge in [0.15, 0.2) is 0 Å². The zero-order valence-corrected chi connectivity index (χ0v) is 9.58. The van der Waals surface area contributed by atoms with E-state index in [1.807, 2.05) is 0 Å². The summed E-state index contributed by atoms with van der Waals surface area (Å²) in [5.74, 6) is -2.05. The quantitative estimate of drug-likeness (QED) is 0.639. The van der Waals surface area contributed by atoms with Crippen LogP contribution in [0.2, 0.25) is 0 Å². The molecule has 0 heterocycles. The molecular weight excluding hydrogens is 244 g/mol. The molecule has 0 spiro atoms. The molecule has 0 bridgehead atoms. The summed E-state index contributed by atoms with van der Waals surface area (Å²) in [5.41, 5.74) is 4.58. The van der Waals surface area contributed by atoms with Gasteiger partial charge in [0.05, 0.1) is 4.92 Å². The number of halogens is 2. The number of benzene rings is 1. The van der Waals surface area contributed by atoms with Crippen LogP contribution < -0.4 is 11.1 Å². The second kappa shape index (κ2) is 4.49. The summed E-state index contributed by atoms with van der Waals surface area (Å²) in [4.78, 5) is 9.86. The van der Waals surface area contributed by atoms with Crippen molar-refractivity contribution < 1.29 is 13.7 Å². The minimum Gasteiger partial charge on any atom is -0.377 e. The van der Waals surface area contributed by atoms with Crippen LogP contribution in [-0.2, 0) is 0 Å². The van der Waals surface area contributed by atoms with Crippen LogP contribution >= 0.6 is 0 Å². The van der Waals surface area contributed by atoms with Crippen molar-refractivity contribution >= 4 is 11.4 Å². The molecule has 7 heteroatoms. The number of nitrogens with zero attached hydrogens (tertiary/aromatic N) is 1. The zero-order valence-electron chi connectivity index (χ0n) is 9.58. The lowest BCUT2D eigenvalue weighted by atomic mass is 9.78. The molecule has 2 rings (SSSR count). The smallest absolute Gasteiger partial charge is 0.327 e. The SMILES string of the molecule is NC1(CNc2cc(F)cc(F)c2[N+](=O)[O-])CCC1. The largest absolute Gasteiger partial charge is 0.377 e. The molecule has 0 aromatic heterocycles. The van der Waals surface area contributed by atoms with Gasteiger partial charge in [-0.05, 0) is 19.3 Å². The van der Waals surface area contributed by atoms with E-state index in [1.165, 1.54) is 0 Å². The second-order valence-corrected chi connectivity index (χ2v) is 4.61. The van der Waals surface area contributed by atoms with E-state index in [1.54, 1.807) is 0 Å². The molecule has 0 radical (unpaired) electrons. The van der Waals surface area contributed by atoms with Gasteiger partial charge in [0.25, 0.3) is 0 Å². The molecule has 3 N–H and O–H groups in total. The standard InChI is InChI=1S/C11H13F2N3O2/c12-7-4-8(13)10(16(17)18)9(5-7)15-6-11(14)2-1-3-11/h4-5,15H,1-3,6,14H2. The van der Waals surface area contributed by atoms with Crippen LogP contribution in [0.1, 0.15) is 19.3 Å². The van der Waals surface area contributed by atoms with E-state index in [4.69, 9.17) is 5.73 Å². The molecule has 1 aromatic rings. The molecule has 98 valence electrons. The Hall–Kier alpha value is -1.76. The summed E-state index contributed by atoms with van der Waals surface area (Å²) in [6.45, 7) is 0.261. The van der Waals surface area contributed by atoms with E-state index in [2.05, 4.69) is 5.32 Å². The van der Waals surface area contributed by atoms with Crippen LogP contribution in [0.15, 0.2) is 12.1 Å². The van der Waals surface area contributed by atoms with Gasteiger partial charge < -0.3 is 11.1 Å². The third kappa shape index (κ3) is 2.40. The highest BCUT2D eigenvalue weighted by Gasteiger charge is 2.33. The Kier molecular flexibility index (Phi) is 3.16. The zero-order chi connectivity index (χ0) is 13.3. The second-order valence-electron chi connectivity index (χ2n) is 4.61. The summed E-state index contributed by atoms with van der Waals surface area (Å²) in [6, 6.07) is 1.40. The van der Waals surface area contributed by atoms with Crippen LogP contribution in [0.5, 0.6) is 0 Å². The average molecular weight is 257 g/mol. The summed E-state index contributed by atoms with van der Waals surface area (Å²) >= 11 is 0. The fourth-order valence-corrected chi connectivity index (χ4v) is 1.97. The molecule has 1 aliphatic carbocycles. The highest BCUT2D eigenvalue weighted by Crippen LogP contribution is 2.32. The molecule has 1 aliphatic rings. The highest BCUT2D eigenvalue weighted by atomic mass is 19.1. The Balaban J connectivity index is 2.22. The van der Waals surface area contributed by atoms with Crippen LogP contribution in [0.3, 0.4) is 0 Å². The molecule has 5 nitrogen and oxygen atoms in total. The van der Waals surface area contributed by atoms with Gasteiger partial charge in [-0.25, -0.2) is 4.39 Å². The van der Waals surface area contributed by atoms with Gasteiger partial charge in [-0.2, -0.15) is 4.39 Å². The summed E-state index contributed by atoms with van der Waals surface area (Å²) < 4.78 is 26.4. The number of rotatable bonds is 4. The van der Waals surface area contributed by atoms with Crippen molar-refractivity contribution in [2.24, 2.45) is 5.73 Å². The van der Waals surface area contributed by atoms with E-state index in [9.17, 15) is 18.9 Å². The van der Waals surface area contributed by atoms with Crippen LogP contribution in [0, 0.1) is 21.7 Å². The van der Waals surface area contributed by atoms with Crippen molar-refractivity contribution in [2.45, 2.75) is 24.8 Å². The molecular formula is C11H13F2N3O2. The third-order valence-corrected chi connectivity index (χ3v) is 3.19. The predicted molar refractivity (Wildman–Crippen MR) is 62.3 cm³/mol. The molecule has 0 amide bonds. The van der Waals surface area contributed by atoms with Crippen LogP contribution in [-0.4, -0.2) is 17.0 Å². The first kappa shape index (κ1) is 12.7. The van der Waals surface area contributed by atoms with Crippen LogP contribution in [0.4, 0.5) is 20.2 Å². The van der Waals surface area contributed by atoms with Crippen molar-refractivity contribution in [3.63, 3.8) is 0 Å². The van der Waals surface area contributed by atoms with E-state index >= 15 is 0 Å². The Morgan fingerprint density at radius 2 is 2.11 bits per heavy atom. The lowest BCUT2D eigenvalue weighted by Gasteiger charge is -2.38. The highest BCUT2D eigenvalue weighted by molar-refractivity contribution is 5.62. The normalized spacial score (nSPS) is 17.1. The van der Waals surface area contributed by atoms with Gasteiger partial charge in [-0.1, -0.05) is 0 Å². The average Bonchev–Trinajstić information content (AvgIpc) is 2.22. The van der Waals surface area contributed by atoms with Crippen molar-refractivity contribution in [1.29, 1.82) is 0 Å². The maximum atomic E-state index is 13.3. The van der Waals surface area contributed by atoms with Crippen molar-refractivity contribution in [2.75, 3.05) is 11.9 Å². The number of hydrogen-bond acceptors (Lipinski definition) is 4. The maximum absolute atomic E-state index is 13.3. The van der Waals surface area contributed by atoms with Crippen LogP contribution in [0.25, 0.3) is 0 Å². The third-order valence-electron chi connectivity index (χ3n) is 3.19. The molecule has 0 aliphatic heterocycles. The summed E-state index contributed by atoms with van der Waals surface area (Å²) in [6.07, 6.45) is 2.59. The first-order valence-corrected chi connectivity index (χ1v) is 5.57. The Morgan fingerprint density at radius 3 is 2.61 bits per heavy atom. The van der Waals surface area contributed by atoms with Crippen molar-refractivity contribution in [3.8, 4) is 0 Å². The first-order valence-electron chi connectivity index (χ1n) is 5.57. The number of nitrogens with two attached hydrogens (primary N) is 1. The van der Waals surface area contributed by atoms with Gasteiger partial charge >= 0.3 is 5.69 Å². The fraction of sp³-hybridized carbons (Fsp3) is 0.455. The monoisotopic (exact) mass is 257 g/mol. The minimum atomic E-state index is -1.19. The molecule has 1 fully saturated rings. The summed E-state index contributed by atoms with van der Waals surface area (Å²) in [7, 11) is 0.